The lowest BCUT2D eigenvalue weighted by Crippen LogP contribution is -2.55. The predicted molar refractivity (Wildman–Crippen MR) is 78.9 cm³/mol. The molecule has 5 heteroatoms. The van der Waals surface area contributed by atoms with Crippen LogP contribution in [-0.2, 0) is 6.42 Å². The molecular weight excluding hydrogens is 258 g/mol. The first kappa shape index (κ1) is 13.3. The van der Waals surface area contributed by atoms with Crippen molar-refractivity contribution in [3.05, 3.63) is 10.6 Å². The van der Waals surface area contributed by atoms with Gasteiger partial charge in [-0.2, -0.15) is 0 Å². The van der Waals surface area contributed by atoms with Crippen molar-refractivity contribution in [1.29, 1.82) is 0 Å². The fourth-order valence-electron chi connectivity index (χ4n) is 3.08. The zero-order valence-electron chi connectivity index (χ0n) is 12.0. The quantitative estimate of drug-likeness (QED) is 0.855. The fraction of sp³-hybridized carbons (Fsp3) is 0.786. The Labute approximate surface area is 119 Å². The molecule has 1 aliphatic carbocycles. The Morgan fingerprint density at radius 2 is 1.95 bits per heavy atom. The average Bonchev–Trinajstić information content (AvgIpc) is 2.81. The number of piperazine rings is 1. The summed E-state index contributed by atoms with van der Waals surface area (Å²) in [6.07, 6.45) is 2.70. The van der Waals surface area contributed by atoms with Crippen molar-refractivity contribution in [3.63, 3.8) is 0 Å². The molecule has 0 spiro atoms. The van der Waals surface area contributed by atoms with E-state index in [1.54, 1.807) is 11.3 Å². The van der Waals surface area contributed by atoms with E-state index in [0.717, 1.165) is 43.2 Å². The second-order valence-electron chi connectivity index (χ2n) is 5.98. The minimum atomic E-state index is -0.337. The third kappa shape index (κ3) is 2.39. The number of aliphatic hydroxyl groups is 1. The average molecular weight is 281 g/mol. The first-order valence-corrected chi connectivity index (χ1v) is 8.02. The third-order valence-corrected chi connectivity index (χ3v) is 5.74. The molecule has 3 rings (SSSR count). The molecule has 2 heterocycles. The summed E-state index contributed by atoms with van der Waals surface area (Å²) >= 11 is 1.79. The molecule has 3 atom stereocenters. The number of nitrogens with zero attached hydrogens (tertiary/aromatic N) is 3. The molecule has 1 saturated heterocycles. The van der Waals surface area contributed by atoms with Crippen LogP contribution in [0.5, 0.6) is 0 Å². The van der Waals surface area contributed by atoms with Crippen LogP contribution in [0.15, 0.2) is 0 Å². The smallest absolute Gasteiger partial charge is 0.185 e. The van der Waals surface area contributed by atoms with Gasteiger partial charge in [-0.05, 0) is 40.2 Å². The Morgan fingerprint density at radius 1 is 1.26 bits per heavy atom. The Hall–Kier alpha value is -0.650. The zero-order valence-corrected chi connectivity index (χ0v) is 12.8. The van der Waals surface area contributed by atoms with Crippen LogP contribution in [0.3, 0.4) is 0 Å². The van der Waals surface area contributed by atoms with Gasteiger partial charge in [0.15, 0.2) is 5.13 Å². The second-order valence-corrected chi connectivity index (χ2v) is 7.04. The minimum absolute atomic E-state index is 0.337. The maximum absolute atomic E-state index is 10.0. The van der Waals surface area contributed by atoms with Crippen molar-refractivity contribution in [2.45, 2.75) is 51.3 Å². The summed E-state index contributed by atoms with van der Waals surface area (Å²) in [5, 5.41) is 11.1. The summed E-state index contributed by atoms with van der Waals surface area (Å²) in [7, 11) is 2.20. The van der Waals surface area contributed by atoms with Gasteiger partial charge in [-0.3, -0.25) is 4.90 Å². The molecule has 0 bridgehead atoms. The molecule has 0 aromatic carbocycles. The molecule has 2 aliphatic rings. The maximum Gasteiger partial charge on any atom is 0.185 e. The first-order chi connectivity index (χ1) is 9.06. The van der Waals surface area contributed by atoms with Crippen LogP contribution in [0.25, 0.3) is 0 Å². The normalized spacial score (nSPS) is 32.4. The standard InChI is InChI=1S/C14H23N3OS/c1-9-7-17(8-10(2)16(9)3)14-15-13-11(18)5-4-6-12(13)19-14/h9-11,18H,4-8H2,1-3H3. The van der Waals surface area contributed by atoms with Gasteiger partial charge in [0, 0.05) is 30.1 Å². The van der Waals surface area contributed by atoms with Gasteiger partial charge in [-0.1, -0.05) is 0 Å². The highest BCUT2D eigenvalue weighted by atomic mass is 32.1. The molecule has 0 radical (unpaired) electrons. The maximum atomic E-state index is 10.0. The molecule has 1 aromatic rings. The minimum Gasteiger partial charge on any atom is -0.387 e. The van der Waals surface area contributed by atoms with Crippen molar-refractivity contribution in [3.8, 4) is 0 Å². The Balaban J connectivity index is 1.83. The lowest BCUT2D eigenvalue weighted by atomic mass is 10.0. The summed E-state index contributed by atoms with van der Waals surface area (Å²) in [5.41, 5.74) is 0.950. The molecule has 1 aromatic heterocycles. The first-order valence-electron chi connectivity index (χ1n) is 7.21. The number of hydrogen-bond acceptors (Lipinski definition) is 5. The van der Waals surface area contributed by atoms with Gasteiger partial charge in [0.05, 0.1) is 11.8 Å². The number of aryl methyl sites for hydroxylation is 1. The van der Waals surface area contributed by atoms with Gasteiger partial charge >= 0.3 is 0 Å². The molecule has 19 heavy (non-hydrogen) atoms. The van der Waals surface area contributed by atoms with Gasteiger partial charge in [-0.25, -0.2) is 4.98 Å². The van der Waals surface area contributed by atoms with Crippen molar-refractivity contribution in [2.75, 3.05) is 25.0 Å². The van der Waals surface area contributed by atoms with Gasteiger partial charge in [0.2, 0.25) is 0 Å². The highest BCUT2D eigenvalue weighted by molar-refractivity contribution is 7.15. The molecule has 4 nitrogen and oxygen atoms in total. The molecule has 3 unspecified atom stereocenters. The molecule has 1 N–H and O–H groups in total. The van der Waals surface area contributed by atoms with E-state index in [1.165, 1.54) is 4.88 Å². The van der Waals surface area contributed by atoms with E-state index in [0.29, 0.717) is 12.1 Å². The SMILES string of the molecule is CC1CN(c2nc3c(s2)CCCC3O)CC(C)N1C. The highest BCUT2D eigenvalue weighted by Crippen LogP contribution is 2.37. The molecule has 0 saturated carbocycles. The number of anilines is 1. The van der Waals surface area contributed by atoms with Crippen LogP contribution in [0, 0.1) is 0 Å². The van der Waals surface area contributed by atoms with E-state index in [2.05, 4.69) is 30.7 Å². The van der Waals surface area contributed by atoms with Crippen molar-refractivity contribution in [2.24, 2.45) is 0 Å². The van der Waals surface area contributed by atoms with E-state index >= 15 is 0 Å². The lowest BCUT2D eigenvalue weighted by molar-refractivity contribution is 0.152. The Kier molecular flexibility index (Phi) is 3.53. The summed E-state index contributed by atoms with van der Waals surface area (Å²) in [5.74, 6) is 0. The van der Waals surface area contributed by atoms with Gasteiger partial charge in [0.1, 0.15) is 0 Å². The predicted octanol–water partition coefficient (Wildman–Crippen LogP) is 2.04. The van der Waals surface area contributed by atoms with Crippen molar-refractivity contribution in [1.82, 2.24) is 9.88 Å². The second kappa shape index (κ2) is 5.04. The van der Waals surface area contributed by atoms with E-state index in [-0.39, 0.29) is 6.10 Å². The third-order valence-electron chi connectivity index (χ3n) is 4.54. The lowest BCUT2D eigenvalue weighted by Gasteiger charge is -2.42. The van der Waals surface area contributed by atoms with E-state index < -0.39 is 0 Å². The van der Waals surface area contributed by atoms with E-state index in [1.807, 2.05) is 0 Å². The van der Waals surface area contributed by atoms with Crippen LogP contribution >= 0.6 is 11.3 Å². The Bertz CT molecular complexity index is 450. The van der Waals surface area contributed by atoms with Crippen molar-refractivity contribution < 1.29 is 5.11 Å². The van der Waals surface area contributed by atoms with Gasteiger partial charge < -0.3 is 10.0 Å². The molecule has 1 fully saturated rings. The number of likely N-dealkylation sites (N-methyl/N-ethyl adjacent to an activating group) is 1. The number of aliphatic hydroxyl groups excluding tert-OH is 1. The summed E-state index contributed by atoms with van der Waals surface area (Å²) in [4.78, 5) is 10.8. The monoisotopic (exact) mass is 281 g/mol. The van der Waals surface area contributed by atoms with Crippen LogP contribution < -0.4 is 4.90 Å². The molecule has 1 aliphatic heterocycles. The highest BCUT2D eigenvalue weighted by Gasteiger charge is 2.30. The molecule has 106 valence electrons. The number of aromatic nitrogens is 1. The topological polar surface area (TPSA) is 39.6 Å². The number of hydrogen-bond donors (Lipinski definition) is 1. The van der Waals surface area contributed by atoms with Gasteiger partial charge in [0.25, 0.3) is 0 Å². The van der Waals surface area contributed by atoms with Crippen LogP contribution in [0.1, 0.15) is 43.4 Å². The number of fused-ring (bicyclic) bond motifs is 1. The van der Waals surface area contributed by atoms with E-state index in [9.17, 15) is 5.11 Å². The van der Waals surface area contributed by atoms with Crippen molar-refractivity contribution >= 4 is 16.5 Å². The molecular formula is C14H23N3OS. The van der Waals surface area contributed by atoms with E-state index in [4.69, 9.17) is 4.98 Å². The largest absolute Gasteiger partial charge is 0.387 e. The number of thiazole rings is 1. The van der Waals surface area contributed by atoms with Crippen LogP contribution in [0.2, 0.25) is 0 Å². The summed E-state index contributed by atoms with van der Waals surface area (Å²) < 4.78 is 0. The zero-order chi connectivity index (χ0) is 13.6. The fourth-order valence-corrected chi connectivity index (χ4v) is 4.25. The molecule has 0 amide bonds. The van der Waals surface area contributed by atoms with Gasteiger partial charge in [-0.15, -0.1) is 11.3 Å². The number of rotatable bonds is 1. The summed E-state index contributed by atoms with van der Waals surface area (Å²) in [6.45, 7) is 6.60. The van der Waals surface area contributed by atoms with Crippen LogP contribution in [-0.4, -0.2) is 47.2 Å². The van der Waals surface area contributed by atoms with Crippen LogP contribution in [0.4, 0.5) is 5.13 Å². The Morgan fingerprint density at radius 3 is 2.58 bits per heavy atom. The summed E-state index contributed by atoms with van der Waals surface area (Å²) in [6, 6.07) is 1.10.